The molecule has 3 aromatic rings. The lowest BCUT2D eigenvalue weighted by molar-refractivity contribution is 0.101. The van der Waals surface area contributed by atoms with Crippen molar-refractivity contribution < 1.29 is 4.79 Å². The highest BCUT2D eigenvalue weighted by Gasteiger charge is 2.17. The normalized spacial score (nSPS) is 10.5. The molecule has 0 aliphatic heterocycles. The lowest BCUT2D eigenvalue weighted by atomic mass is 10.3. The number of carbonyl (C=O) groups excluding carboxylic acids is 1. The van der Waals surface area contributed by atoms with Crippen molar-refractivity contribution >= 4 is 22.4 Å². The molecule has 3 rings (SSSR count). The molecule has 0 aliphatic carbocycles. The number of aromatic nitrogens is 4. The van der Waals surface area contributed by atoms with Crippen LogP contribution in [0.15, 0.2) is 41.2 Å². The first-order valence-electron chi connectivity index (χ1n) is 6.82. The van der Waals surface area contributed by atoms with E-state index in [0.29, 0.717) is 10.8 Å². The van der Waals surface area contributed by atoms with Gasteiger partial charge in [-0.2, -0.15) is 5.10 Å². The quantitative estimate of drug-likeness (QED) is 0.794. The van der Waals surface area contributed by atoms with Gasteiger partial charge in [0.1, 0.15) is 5.01 Å². The highest BCUT2D eigenvalue weighted by Crippen LogP contribution is 2.14. The van der Waals surface area contributed by atoms with E-state index in [1.54, 1.807) is 18.5 Å². The minimum Gasteiger partial charge on any atom is -0.295 e. The zero-order chi connectivity index (χ0) is 16.4. The van der Waals surface area contributed by atoms with Crippen molar-refractivity contribution in [3.8, 4) is 5.69 Å². The Balaban J connectivity index is 1.99. The fraction of sp³-hybridized carbons (Fsp3) is 0.133. The van der Waals surface area contributed by atoms with Gasteiger partial charge in [-0.05, 0) is 26.0 Å². The van der Waals surface area contributed by atoms with Crippen molar-refractivity contribution in [1.29, 1.82) is 0 Å². The van der Waals surface area contributed by atoms with Crippen LogP contribution in [0.2, 0.25) is 0 Å². The number of benzene rings is 1. The van der Waals surface area contributed by atoms with Crippen LogP contribution < -0.4 is 10.7 Å². The summed E-state index contributed by atoms with van der Waals surface area (Å²) in [6.07, 6.45) is 0. The Morgan fingerprint density at radius 1 is 1.17 bits per heavy atom. The molecule has 0 radical (unpaired) electrons. The monoisotopic (exact) mass is 327 g/mol. The highest BCUT2D eigenvalue weighted by atomic mass is 32.1. The predicted molar refractivity (Wildman–Crippen MR) is 87.2 cm³/mol. The van der Waals surface area contributed by atoms with E-state index in [-0.39, 0.29) is 5.69 Å². The summed E-state index contributed by atoms with van der Waals surface area (Å²) in [5.74, 6) is -0.601. The molecule has 0 saturated carbocycles. The zero-order valence-corrected chi connectivity index (χ0v) is 13.3. The number of aryl methyl sites for hydroxylation is 2. The molecule has 2 heterocycles. The van der Waals surface area contributed by atoms with Crippen molar-refractivity contribution in [1.82, 2.24) is 20.0 Å². The number of nitrogens with one attached hydrogen (secondary N) is 1. The van der Waals surface area contributed by atoms with E-state index in [2.05, 4.69) is 20.6 Å². The molecule has 2 aromatic heterocycles. The van der Waals surface area contributed by atoms with Crippen LogP contribution in [0.5, 0.6) is 0 Å². The third-order valence-electron chi connectivity index (χ3n) is 3.07. The van der Waals surface area contributed by atoms with Gasteiger partial charge in [-0.25, -0.2) is 4.68 Å². The number of rotatable bonds is 3. The van der Waals surface area contributed by atoms with Crippen LogP contribution in [0, 0.1) is 13.8 Å². The molecule has 0 atom stereocenters. The number of anilines is 1. The third kappa shape index (κ3) is 3.16. The Morgan fingerprint density at radius 2 is 1.91 bits per heavy atom. The van der Waals surface area contributed by atoms with Crippen LogP contribution >= 0.6 is 11.3 Å². The standard InChI is InChI=1S/C15H13N5O2S/c1-9-8-12(21)13(14(22)16-15-18-17-10(2)23-15)19-20(9)11-6-4-3-5-7-11/h3-8H,1-2H3,(H,16,18,22). The molecule has 116 valence electrons. The van der Waals surface area contributed by atoms with Gasteiger partial charge in [-0.1, -0.05) is 29.5 Å². The summed E-state index contributed by atoms with van der Waals surface area (Å²) in [6, 6.07) is 10.7. The van der Waals surface area contributed by atoms with Crippen molar-refractivity contribution in [2.75, 3.05) is 5.32 Å². The van der Waals surface area contributed by atoms with E-state index in [9.17, 15) is 9.59 Å². The van der Waals surface area contributed by atoms with Crippen molar-refractivity contribution in [3.63, 3.8) is 0 Å². The number of hydrogen-bond acceptors (Lipinski definition) is 6. The topological polar surface area (TPSA) is 89.8 Å². The summed E-state index contributed by atoms with van der Waals surface area (Å²) in [5, 5.41) is 15.4. The molecule has 0 bridgehead atoms. The van der Waals surface area contributed by atoms with Gasteiger partial charge >= 0.3 is 0 Å². The van der Waals surface area contributed by atoms with E-state index in [1.807, 2.05) is 30.3 Å². The van der Waals surface area contributed by atoms with Gasteiger partial charge < -0.3 is 0 Å². The van der Waals surface area contributed by atoms with E-state index in [0.717, 1.165) is 10.7 Å². The first-order valence-corrected chi connectivity index (χ1v) is 7.64. The van der Waals surface area contributed by atoms with Gasteiger partial charge in [0.05, 0.1) is 5.69 Å². The fourth-order valence-corrected chi connectivity index (χ4v) is 2.63. The number of para-hydroxylation sites is 1. The first kappa shape index (κ1) is 15.0. The van der Waals surface area contributed by atoms with E-state index >= 15 is 0 Å². The number of carbonyl (C=O) groups is 1. The third-order valence-corrected chi connectivity index (χ3v) is 3.82. The minimum atomic E-state index is -0.601. The lowest BCUT2D eigenvalue weighted by Crippen LogP contribution is -2.26. The first-order chi connectivity index (χ1) is 11.0. The molecular weight excluding hydrogens is 314 g/mol. The summed E-state index contributed by atoms with van der Waals surface area (Å²) in [6.45, 7) is 3.54. The average Bonchev–Trinajstić information content (AvgIpc) is 2.93. The van der Waals surface area contributed by atoms with Crippen LogP contribution in [-0.2, 0) is 0 Å². The van der Waals surface area contributed by atoms with Gasteiger partial charge in [0.25, 0.3) is 5.91 Å². The second-order valence-electron chi connectivity index (χ2n) is 4.83. The zero-order valence-electron chi connectivity index (χ0n) is 12.5. The maximum atomic E-state index is 12.3. The Kier molecular flexibility index (Phi) is 3.98. The smallest absolute Gasteiger partial charge is 0.282 e. The molecule has 7 nitrogen and oxygen atoms in total. The second-order valence-corrected chi connectivity index (χ2v) is 6.01. The molecule has 0 spiro atoms. The van der Waals surface area contributed by atoms with Crippen LogP contribution in [0.1, 0.15) is 21.2 Å². The second kappa shape index (κ2) is 6.09. The molecule has 0 unspecified atom stereocenters. The summed E-state index contributed by atoms with van der Waals surface area (Å²) < 4.78 is 1.56. The molecule has 0 saturated heterocycles. The van der Waals surface area contributed by atoms with E-state index < -0.39 is 11.3 Å². The maximum Gasteiger partial charge on any atom is 0.282 e. The number of nitrogens with zero attached hydrogens (tertiary/aromatic N) is 4. The van der Waals surface area contributed by atoms with Crippen LogP contribution in [0.3, 0.4) is 0 Å². The Bertz CT molecular complexity index is 917. The summed E-state index contributed by atoms with van der Waals surface area (Å²) >= 11 is 1.23. The summed E-state index contributed by atoms with van der Waals surface area (Å²) in [7, 11) is 0. The average molecular weight is 327 g/mol. The molecule has 1 N–H and O–H groups in total. The van der Waals surface area contributed by atoms with E-state index in [4.69, 9.17) is 0 Å². The van der Waals surface area contributed by atoms with Crippen molar-refractivity contribution in [2.24, 2.45) is 0 Å². The van der Waals surface area contributed by atoms with Gasteiger partial charge in [-0.15, -0.1) is 10.2 Å². The van der Waals surface area contributed by atoms with Gasteiger partial charge in [0.2, 0.25) is 10.6 Å². The fourth-order valence-electron chi connectivity index (χ4n) is 2.04. The molecule has 1 amide bonds. The van der Waals surface area contributed by atoms with Crippen molar-refractivity contribution in [2.45, 2.75) is 13.8 Å². The van der Waals surface area contributed by atoms with Crippen LogP contribution in [0.4, 0.5) is 5.13 Å². The maximum absolute atomic E-state index is 12.3. The van der Waals surface area contributed by atoms with Crippen molar-refractivity contribution in [3.05, 3.63) is 63.0 Å². The molecule has 0 fully saturated rings. The summed E-state index contributed by atoms with van der Waals surface area (Å²) in [4.78, 5) is 24.4. The molecule has 1 aromatic carbocycles. The predicted octanol–water partition coefficient (Wildman–Crippen LogP) is 1.95. The van der Waals surface area contributed by atoms with Gasteiger partial charge in [0.15, 0.2) is 5.69 Å². The van der Waals surface area contributed by atoms with E-state index in [1.165, 1.54) is 17.4 Å². The highest BCUT2D eigenvalue weighted by molar-refractivity contribution is 7.15. The van der Waals surface area contributed by atoms with Crippen LogP contribution in [0.25, 0.3) is 5.69 Å². The SMILES string of the molecule is Cc1nnc(NC(=O)c2nn(-c3ccccc3)c(C)cc2=O)s1. The van der Waals surface area contributed by atoms with Crippen LogP contribution in [-0.4, -0.2) is 25.9 Å². The minimum absolute atomic E-state index is 0.188. The Labute approximate surface area is 135 Å². The molecular formula is C15H13N5O2S. The molecule has 0 aliphatic rings. The number of hydrogen-bond donors (Lipinski definition) is 1. The lowest BCUT2D eigenvalue weighted by Gasteiger charge is -2.10. The largest absolute Gasteiger partial charge is 0.295 e. The Hall–Kier alpha value is -2.87. The Morgan fingerprint density at radius 3 is 2.57 bits per heavy atom. The molecule has 8 heteroatoms. The number of amides is 1. The summed E-state index contributed by atoms with van der Waals surface area (Å²) in [5.41, 5.74) is 0.788. The van der Waals surface area contributed by atoms with Gasteiger partial charge in [0, 0.05) is 11.8 Å². The van der Waals surface area contributed by atoms with Gasteiger partial charge in [-0.3, -0.25) is 14.9 Å². The molecule has 23 heavy (non-hydrogen) atoms.